The number of carbonyl (C=O) groups is 2. The lowest BCUT2D eigenvalue weighted by atomic mass is 10.1. The van der Waals surface area contributed by atoms with Crippen molar-refractivity contribution in [2.45, 2.75) is 13.3 Å². The normalized spacial score (nSPS) is 16.6. The van der Waals surface area contributed by atoms with Crippen LogP contribution >= 0.6 is 0 Å². The summed E-state index contributed by atoms with van der Waals surface area (Å²) in [5, 5.41) is 11.2. The van der Waals surface area contributed by atoms with Gasteiger partial charge in [-0.15, -0.1) is 0 Å². The van der Waals surface area contributed by atoms with E-state index >= 15 is 0 Å². The predicted octanol–water partition coefficient (Wildman–Crippen LogP) is 1.86. The summed E-state index contributed by atoms with van der Waals surface area (Å²) in [5.74, 6) is -0.309. The van der Waals surface area contributed by atoms with Crippen molar-refractivity contribution < 1.29 is 9.59 Å². The fourth-order valence-electron chi connectivity index (χ4n) is 1.82. The monoisotopic (exact) mass is 255 g/mol. The van der Waals surface area contributed by atoms with E-state index in [1.165, 1.54) is 4.90 Å². The number of hydrogen-bond donors (Lipinski definition) is 1. The van der Waals surface area contributed by atoms with E-state index in [9.17, 15) is 9.59 Å². The zero-order valence-electron chi connectivity index (χ0n) is 10.5. The minimum Gasteiger partial charge on any atom is -0.303 e. The first-order chi connectivity index (χ1) is 9.15. The number of nitrogens with zero attached hydrogens (tertiary/aromatic N) is 2. The second kappa shape index (κ2) is 5.36. The lowest BCUT2D eigenvalue weighted by Gasteiger charge is -2.08. The number of nitriles is 1. The van der Waals surface area contributed by atoms with Crippen molar-refractivity contribution in [2.75, 3.05) is 6.54 Å². The van der Waals surface area contributed by atoms with Gasteiger partial charge in [0.05, 0.1) is 11.6 Å². The van der Waals surface area contributed by atoms with Gasteiger partial charge in [-0.3, -0.25) is 9.69 Å². The molecule has 1 heterocycles. The lowest BCUT2D eigenvalue weighted by Crippen LogP contribution is -2.31. The Morgan fingerprint density at radius 3 is 2.58 bits per heavy atom. The van der Waals surface area contributed by atoms with E-state index < -0.39 is 0 Å². The third kappa shape index (κ3) is 2.63. The van der Waals surface area contributed by atoms with Crippen molar-refractivity contribution in [1.82, 2.24) is 10.2 Å². The molecule has 2 rings (SSSR count). The Balaban J connectivity index is 2.22. The summed E-state index contributed by atoms with van der Waals surface area (Å²) in [6, 6.07) is 8.43. The van der Waals surface area contributed by atoms with Crippen LogP contribution in [-0.2, 0) is 4.79 Å². The van der Waals surface area contributed by atoms with Crippen molar-refractivity contribution in [1.29, 1.82) is 5.26 Å². The fourth-order valence-corrected chi connectivity index (χ4v) is 1.82. The Kier molecular flexibility index (Phi) is 3.62. The average molecular weight is 255 g/mol. The minimum atomic E-state index is -0.383. The molecule has 5 heteroatoms. The highest BCUT2D eigenvalue weighted by atomic mass is 16.2. The first kappa shape index (κ1) is 12.8. The highest BCUT2D eigenvalue weighted by molar-refractivity contribution is 6.13. The molecule has 1 aliphatic heterocycles. The van der Waals surface area contributed by atoms with Crippen LogP contribution in [0.3, 0.4) is 0 Å². The Morgan fingerprint density at radius 2 is 2.00 bits per heavy atom. The maximum absolute atomic E-state index is 12.0. The van der Waals surface area contributed by atoms with E-state index in [-0.39, 0.29) is 17.6 Å². The van der Waals surface area contributed by atoms with E-state index in [1.807, 2.05) is 13.0 Å². The molecule has 0 unspecified atom stereocenters. The molecule has 19 heavy (non-hydrogen) atoms. The van der Waals surface area contributed by atoms with Gasteiger partial charge in [-0.25, -0.2) is 4.79 Å². The molecule has 0 radical (unpaired) electrons. The second-order valence-corrected chi connectivity index (χ2v) is 4.18. The smallest absolute Gasteiger partial charge is 0.303 e. The van der Waals surface area contributed by atoms with Gasteiger partial charge in [-0.2, -0.15) is 5.26 Å². The fraction of sp³-hybridized carbons (Fsp3) is 0.214. The van der Waals surface area contributed by atoms with E-state index in [0.29, 0.717) is 12.1 Å². The van der Waals surface area contributed by atoms with E-state index in [4.69, 9.17) is 5.26 Å². The zero-order chi connectivity index (χ0) is 13.8. The summed E-state index contributed by atoms with van der Waals surface area (Å²) in [6.45, 7) is 2.32. The molecule has 1 N–H and O–H groups in total. The van der Waals surface area contributed by atoms with Crippen LogP contribution in [0.25, 0.3) is 6.08 Å². The Hall–Kier alpha value is -2.61. The molecule has 1 aromatic rings. The number of amides is 3. The van der Waals surface area contributed by atoms with Gasteiger partial charge in [0.1, 0.15) is 5.70 Å². The van der Waals surface area contributed by atoms with Crippen molar-refractivity contribution >= 4 is 18.0 Å². The summed E-state index contributed by atoms with van der Waals surface area (Å²) >= 11 is 0. The number of rotatable bonds is 3. The van der Waals surface area contributed by atoms with Crippen molar-refractivity contribution in [2.24, 2.45) is 0 Å². The number of hydrogen-bond acceptors (Lipinski definition) is 3. The Labute approximate surface area is 111 Å². The SMILES string of the molecule is CCCN1C(=O)NC(=Cc2ccc(C#N)cc2)C1=O. The van der Waals surface area contributed by atoms with Crippen LogP contribution in [-0.4, -0.2) is 23.4 Å². The van der Waals surface area contributed by atoms with Gasteiger partial charge in [0.2, 0.25) is 0 Å². The zero-order valence-corrected chi connectivity index (χ0v) is 10.5. The van der Waals surface area contributed by atoms with Crippen LogP contribution in [0.4, 0.5) is 4.79 Å². The molecule has 1 fully saturated rings. The quantitative estimate of drug-likeness (QED) is 0.661. The van der Waals surface area contributed by atoms with Crippen molar-refractivity contribution in [3.05, 3.63) is 41.1 Å². The molecule has 0 aromatic heterocycles. The molecular weight excluding hydrogens is 242 g/mol. The van der Waals surface area contributed by atoms with Gasteiger partial charge in [0.15, 0.2) is 0 Å². The van der Waals surface area contributed by atoms with Crippen molar-refractivity contribution in [3.63, 3.8) is 0 Å². The van der Waals surface area contributed by atoms with Gasteiger partial charge in [0, 0.05) is 6.54 Å². The summed E-state index contributed by atoms with van der Waals surface area (Å²) in [4.78, 5) is 24.7. The summed E-state index contributed by atoms with van der Waals surface area (Å²) in [6.07, 6.45) is 2.33. The molecule has 96 valence electrons. The van der Waals surface area contributed by atoms with Gasteiger partial charge in [0.25, 0.3) is 5.91 Å². The molecule has 0 aliphatic carbocycles. The maximum atomic E-state index is 12.0. The summed E-state index contributed by atoms with van der Waals surface area (Å²) < 4.78 is 0. The average Bonchev–Trinajstić information content (AvgIpc) is 2.68. The van der Waals surface area contributed by atoms with Crippen LogP contribution in [0, 0.1) is 11.3 Å². The molecule has 3 amide bonds. The maximum Gasteiger partial charge on any atom is 0.329 e. The first-order valence-electron chi connectivity index (χ1n) is 6.00. The van der Waals surface area contributed by atoms with E-state index in [1.54, 1.807) is 30.3 Å². The van der Waals surface area contributed by atoms with Gasteiger partial charge in [-0.05, 0) is 30.2 Å². The van der Waals surface area contributed by atoms with Crippen LogP contribution in [0.5, 0.6) is 0 Å². The van der Waals surface area contributed by atoms with Crippen LogP contribution in [0.1, 0.15) is 24.5 Å². The molecule has 5 nitrogen and oxygen atoms in total. The van der Waals surface area contributed by atoms with E-state index in [2.05, 4.69) is 5.32 Å². The Morgan fingerprint density at radius 1 is 1.32 bits per heavy atom. The number of carbonyl (C=O) groups excluding carboxylic acids is 2. The predicted molar refractivity (Wildman–Crippen MR) is 69.7 cm³/mol. The topological polar surface area (TPSA) is 73.2 Å². The third-order valence-electron chi connectivity index (χ3n) is 2.76. The molecule has 0 atom stereocenters. The third-order valence-corrected chi connectivity index (χ3v) is 2.76. The molecular formula is C14H13N3O2. The van der Waals surface area contributed by atoms with Gasteiger partial charge in [-0.1, -0.05) is 19.1 Å². The molecule has 0 saturated carbocycles. The molecule has 1 saturated heterocycles. The standard InChI is InChI=1S/C14H13N3O2/c1-2-7-17-13(18)12(16-14(17)19)8-10-3-5-11(9-15)6-4-10/h3-6,8H,2,7H2,1H3,(H,16,19). The largest absolute Gasteiger partial charge is 0.329 e. The van der Waals surface area contributed by atoms with Crippen LogP contribution < -0.4 is 5.32 Å². The molecule has 1 aliphatic rings. The van der Waals surface area contributed by atoms with Gasteiger partial charge >= 0.3 is 6.03 Å². The van der Waals surface area contributed by atoms with Crippen LogP contribution in [0.15, 0.2) is 30.0 Å². The molecule has 1 aromatic carbocycles. The second-order valence-electron chi connectivity index (χ2n) is 4.18. The highest BCUT2D eigenvalue weighted by Gasteiger charge is 2.32. The number of urea groups is 1. The van der Waals surface area contributed by atoms with Crippen molar-refractivity contribution in [3.8, 4) is 6.07 Å². The summed E-state index contributed by atoms with van der Waals surface area (Å²) in [7, 11) is 0. The number of imide groups is 1. The minimum absolute atomic E-state index is 0.267. The summed E-state index contributed by atoms with van der Waals surface area (Å²) in [5.41, 5.74) is 1.58. The van der Waals surface area contributed by atoms with Gasteiger partial charge < -0.3 is 5.32 Å². The van der Waals surface area contributed by atoms with Crippen LogP contribution in [0.2, 0.25) is 0 Å². The number of nitrogens with one attached hydrogen (secondary N) is 1. The number of benzene rings is 1. The lowest BCUT2D eigenvalue weighted by molar-refractivity contribution is -0.122. The van der Waals surface area contributed by atoms with E-state index in [0.717, 1.165) is 12.0 Å². The molecule has 0 spiro atoms. The highest BCUT2D eigenvalue weighted by Crippen LogP contribution is 2.14. The first-order valence-corrected chi connectivity index (χ1v) is 6.00. The Bertz CT molecular complexity index is 582. The molecule has 0 bridgehead atoms.